The van der Waals surface area contributed by atoms with Gasteiger partial charge < -0.3 is 4.57 Å². The largest absolute Gasteiger partial charge is 0.308 e. The van der Waals surface area contributed by atoms with Crippen molar-refractivity contribution in [1.29, 1.82) is 0 Å². The second-order valence-electron chi connectivity index (χ2n) is 13.9. The van der Waals surface area contributed by atoms with E-state index >= 15 is 0 Å². The average Bonchev–Trinajstić information content (AvgIpc) is 3.79. The van der Waals surface area contributed by atoms with Crippen LogP contribution in [0.3, 0.4) is 0 Å². The van der Waals surface area contributed by atoms with Crippen LogP contribution in [0.2, 0.25) is 0 Å². The Morgan fingerprint density at radius 3 is 2.04 bits per heavy atom. The van der Waals surface area contributed by atoms with Crippen LogP contribution in [0.15, 0.2) is 164 Å². The third-order valence-corrected chi connectivity index (χ3v) is 11.7. The first-order chi connectivity index (χ1) is 26.7. The van der Waals surface area contributed by atoms with Crippen LogP contribution in [-0.2, 0) is 6.42 Å². The fraction of sp³-hybridized carbons (Fsp3) is 0.0816. The van der Waals surface area contributed by atoms with Gasteiger partial charge in [0, 0.05) is 47.6 Å². The second-order valence-corrected chi connectivity index (χ2v) is 14.9. The summed E-state index contributed by atoms with van der Waals surface area (Å²) in [4.78, 5) is 15.5. The number of para-hydroxylation sites is 2. The highest BCUT2D eigenvalue weighted by atomic mass is 32.1. The quantitative estimate of drug-likeness (QED) is 0.158. The first-order valence-corrected chi connectivity index (χ1v) is 19.5. The van der Waals surface area contributed by atoms with E-state index in [4.69, 9.17) is 15.0 Å². The second kappa shape index (κ2) is 13.5. The van der Waals surface area contributed by atoms with Gasteiger partial charge in [0.15, 0.2) is 17.5 Å². The summed E-state index contributed by atoms with van der Waals surface area (Å²) in [5.74, 6) is 1.92. The average molecular weight is 713 g/mol. The van der Waals surface area contributed by atoms with Gasteiger partial charge in [-0.1, -0.05) is 141 Å². The molecule has 0 amide bonds. The minimum atomic E-state index is 0.633. The van der Waals surface area contributed by atoms with Crippen molar-refractivity contribution in [3.63, 3.8) is 0 Å². The number of benzene rings is 7. The third kappa shape index (κ3) is 5.56. The van der Waals surface area contributed by atoms with E-state index in [2.05, 4.69) is 157 Å². The smallest absolute Gasteiger partial charge is 0.166 e. The van der Waals surface area contributed by atoms with Crippen LogP contribution in [-0.4, -0.2) is 19.5 Å². The molecule has 0 aliphatic heterocycles. The highest BCUT2D eigenvalue weighted by molar-refractivity contribution is 7.26. The molecule has 7 aromatic carbocycles. The van der Waals surface area contributed by atoms with Crippen molar-refractivity contribution >= 4 is 53.3 Å². The van der Waals surface area contributed by atoms with E-state index in [1.54, 1.807) is 0 Å². The normalized spacial score (nSPS) is 11.6. The standard InChI is InChI=1S/C49H36N4S/c1-2-3-14-32-25-27-33(28-26-32)35-17-13-18-36(31-35)48-50-47(34-15-5-4-6-16-34)51-49(52-48)40-21-8-11-23-42(40)53-41-22-10-7-20-39(41)45-43(53)30-29-38-37-19-9-12-24-44(37)54-46(38)45/h4-13,15-31H,2-3,14H2,1H3. The van der Waals surface area contributed by atoms with Gasteiger partial charge in [0.25, 0.3) is 0 Å². The zero-order chi connectivity index (χ0) is 36.0. The van der Waals surface area contributed by atoms with Gasteiger partial charge in [0.1, 0.15) is 0 Å². The van der Waals surface area contributed by atoms with Gasteiger partial charge in [-0.15, -0.1) is 11.3 Å². The highest BCUT2D eigenvalue weighted by Gasteiger charge is 2.21. The first kappa shape index (κ1) is 32.2. The topological polar surface area (TPSA) is 43.6 Å². The molecule has 54 heavy (non-hydrogen) atoms. The molecule has 3 heterocycles. The molecule has 0 bridgehead atoms. The Bertz CT molecular complexity index is 2980. The van der Waals surface area contributed by atoms with Crippen molar-refractivity contribution in [2.75, 3.05) is 0 Å². The zero-order valence-electron chi connectivity index (χ0n) is 29.9. The summed E-state index contributed by atoms with van der Waals surface area (Å²) >= 11 is 1.87. The first-order valence-electron chi connectivity index (χ1n) is 18.7. The lowest BCUT2D eigenvalue weighted by Crippen LogP contribution is -2.03. The summed E-state index contributed by atoms with van der Waals surface area (Å²) in [6.45, 7) is 2.24. The number of hydrogen-bond donors (Lipinski definition) is 0. The van der Waals surface area contributed by atoms with E-state index in [1.165, 1.54) is 54.9 Å². The van der Waals surface area contributed by atoms with Gasteiger partial charge in [0.05, 0.1) is 16.7 Å². The SMILES string of the molecule is CCCCc1ccc(-c2cccc(-c3nc(-c4ccccc4)nc(-c4ccccc4-n4c5ccccc5c5c6sc7ccccc7c6ccc54)n3)c2)cc1. The molecule has 10 aromatic rings. The number of thiophene rings is 1. The molecule has 0 N–H and O–H groups in total. The maximum absolute atomic E-state index is 5.26. The molecule has 4 nitrogen and oxygen atoms in total. The Kier molecular flexibility index (Phi) is 8.07. The Hall–Kier alpha value is -6.43. The van der Waals surface area contributed by atoms with Gasteiger partial charge >= 0.3 is 0 Å². The minimum Gasteiger partial charge on any atom is -0.308 e. The third-order valence-electron chi connectivity index (χ3n) is 10.5. The maximum atomic E-state index is 5.26. The van der Waals surface area contributed by atoms with Crippen LogP contribution in [0.4, 0.5) is 0 Å². The molecule has 0 radical (unpaired) electrons. The van der Waals surface area contributed by atoms with E-state index in [0.717, 1.165) is 45.4 Å². The lowest BCUT2D eigenvalue weighted by molar-refractivity contribution is 0.795. The molecule has 0 atom stereocenters. The highest BCUT2D eigenvalue weighted by Crippen LogP contribution is 2.44. The lowest BCUT2D eigenvalue weighted by Gasteiger charge is -2.15. The summed E-state index contributed by atoms with van der Waals surface area (Å²) < 4.78 is 5.00. The molecule has 0 unspecified atom stereocenters. The van der Waals surface area contributed by atoms with E-state index in [0.29, 0.717) is 17.5 Å². The van der Waals surface area contributed by atoms with E-state index in [1.807, 2.05) is 29.5 Å². The van der Waals surface area contributed by atoms with Crippen LogP contribution in [0.1, 0.15) is 25.3 Å². The van der Waals surface area contributed by atoms with Crippen molar-refractivity contribution in [2.45, 2.75) is 26.2 Å². The van der Waals surface area contributed by atoms with E-state index in [9.17, 15) is 0 Å². The molecular weight excluding hydrogens is 677 g/mol. The number of fused-ring (bicyclic) bond motifs is 7. The van der Waals surface area contributed by atoms with Crippen molar-refractivity contribution in [1.82, 2.24) is 19.5 Å². The van der Waals surface area contributed by atoms with Gasteiger partial charge in [0.2, 0.25) is 0 Å². The molecule has 0 spiro atoms. The van der Waals surface area contributed by atoms with Crippen molar-refractivity contribution < 1.29 is 0 Å². The molecule has 0 fully saturated rings. The Balaban J connectivity index is 1.16. The fourth-order valence-electron chi connectivity index (χ4n) is 7.78. The van der Waals surface area contributed by atoms with Gasteiger partial charge in [-0.2, -0.15) is 0 Å². The van der Waals surface area contributed by atoms with E-state index < -0.39 is 0 Å². The number of rotatable bonds is 8. The molecular formula is C49H36N4S. The number of aryl methyl sites for hydroxylation is 1. The van der Waals surface area contributed by atoms with Crippen molar-refractivity contribution in [3.8, 4) is 51.0 Å². The fourth-order valence-corrected chi connectivity index (χ4v) is 9.04. The van der Waals surface area contributed by atoms with E-state index in [-0.39, 0.29) is 0 Å². The Labute approximate surface area is 318 Å². The van der Waals surface area contributed by atoms with Crippen LogP contribution in [0, 0.1) is 0 Å². The zero-order valence-corrected chi connectivity index (χ0v) is 30.7. The van der Waals surface area contributed by atoms with Gasteiger partial charge in [-0.3, -0.25) is 0 Å². The van der Waals surface area contributed by atoms with Crippen LogP contribution in [0.5, 0.6) is 0 Å². The molecule has 10 rings (SSSR count). The van der Waals surface area contributed by atoms with Crippen LogP contribution in [0.25, 0.3) is 93.0 Å². The van der Waals surface area contributed by atoms with Crippen molar-refractivity contribution in [3.05, 3.63) is 169 Å². The predicted octanol–water partition coefficient (Wildman–Crippen LogP) is 13.3. The monoisotopic (exact) mass is 712 g/mol. The van der Waals surface area contributed by atoms with Crippen LogP contribution < -0.4 is 0 Å². The lowest BCUT2D eigenvalue weighted by atomic mass is 10.00. The summed E-state index contributed by atoms with van der Waals surface area (Å²) in [6, 6.07) is 58.3. The summed E-state index contributed by atoms with van der Waals surface area (Å²) in [7, 11) is 0. The molecule has 0 saturated heterocycles. The molecule has 0 saturated carbocycles. The minimum absolute atomic E-state index is 0.633. The predicted molar refractivity (Wildman–Crippen MR) is 227 cm³/mol. The van der Waals surface area contributed by atoms with Gasteiger partial charge in [-0.05, 0) is 65.9 Å². The van der Waals surface area contributed by atoms with Crippen LogP contribution >= 0.6 is 11.3 Å². The number of unbranched alkanes of at least 4 members (excludes halogenated alkanes) is 1. The maximum Gasteiger partial charge on any atom is 0.166 e. The number of nitrogens with zero attached hydrogens (tertiary/aromatic N) is 4. The summed E-state index contributed by atoms with van der Waals surface area (Å²) in [5, 5.41) is 5.10. The summed E-state index contributed by atoms with van der Waals surface area (Å²) in [5.41, 5.74) is 9.86. The van der Waals surface area contributed by atoms with Crippen molar-refractivity contribution in [2.24, 2.45) is 0 Å². The van der Waals surface area contributed by atoms with Gasteiger partial charge in [-0.25, -0.2) is 15.0 Å². The summed E-state index contributed by atoms with van der Waals surface area (Å²) in [6.07, 6.45) is 3.51. The molecule has 5 heteroatoms. The Morgan fingerprint density at radius 2 is 1.19 bits per heavy atom. The molecule has 3 aromatic heterocycles. The molecule has 258 valence electrons. The number of aromatic nitrogens is 4. The molecule has 0 aliphatic carbocycles. The Morgan fingerprint density at radius 1 is 0.500 bits per heavy atom. The number of hydrogen-bond acceptors (Lipinski definition) is 4. The molecule has 0 aliphatic rings.